The first kappa shape index (κ1) is 18.7. The molecule has 1 unspecified atom stereocenters. The highest BCUT2D eigenvalue weighted by Crippen LogP contribution is 2.20. The molecule has 1 fully saturated rings. The highest BCUT2D eigenvalue weighted by Gasteiger charge is 2.32. The number of rotatable bonds is 6. The molecular weight excluding hydrogens is 351 g/mol. The summed E-state index contributed by atoms with van der Waals surface area (Å²) in [6.07, 6.45) is 5.80. The predicted octanol–water partition coefficient (Wildman–Crippen LogP) is 2.75. The summed E-state index contributed by atoms with van der Waals surface area (Å²) in [6, 6.07) is 7.46. The third kappa shape index (κ3) is 4.55. The minimum Gasteiger partial charge on any atom is -0.494 e. The van der Waals surface area contributed by atoms with Crippen molar-refractivity contribution in [2.45, 2.75) is 25.4 Å². The zero-order valence-electron chi connectivity index (χ0n) is 15.0. The standard InChI is InChI=1S/C20H21FN2O4/c1-26-18-8-6-14(12-16(18)21)7-9-19(24)23-10-2-5-17(23)20(25)22-13-15-4-3-11-27-15/h3-4,6-9,11-12,17H,2,5,10,13H2,1H3,(H,22,25). The van der Waals surface area contributed by atoms with Gasteiger partial charge in [0.25, 0.3) is 0 Å². The Balaban J connectivity index is 1.61. The zero-order valence-corrected chi connectivity index (χ0v) is 15.0. The third-order valence-corrected chi connectivity index (χ3v) is 4.45. The Kier molecular flexibility index (Phi) is 5.90. The zero-order chi connectivity index (χ0) is 19.2. The number of benzene rings is 1. The van der Waals surface area contributed by atoms with E-state index in [-0.39, 0.29) is 24.1 Å². The van der Waals surface area contributed by atoms with Crippen molar-refractivity contribution >= 4 is 17.9 Å². The summed E-state index contributed by atoms with van der Waals surface area (Å²) in [4.78, 5) is 26.4. The summed E-state index contributed by atoms with van der Waals surface area (Å²) in [5.41, 5.74) is 0.541. The van der Waals surface area contributed by atoms with Gasteiger partial charge in [-0.2, -0.15) is 0 Å². The van der Waals surface area contributed by atoms with Gasteiger partial charge < -0.3 is 19.4 Å². The average Bonchev–Trinajstić information content (AvgIpc) is 3.36. The normalized spacial score (nSPS) is 16.7. The molecule has 1 N–H and O–H groups in total. The van der Waals surface area contributed by atoms with E-state index in [1.54, 1.807) is 24.5 Å². The van der Waals surface area contributed by atoms with Crippen molar-refractivity contribution in [1.29, 1.82) is 0 Å². The number of amides is 2. The lowest BCUT2D eigenvalue weighted by molar-refractivity contribution is -0.135. The molecule has 1 aromatic carbocycles. The largest absolute Gasteiger partial charge is 0.494 e. The van der Waals surface area contributed by atoms with Crippen molar-refractivity contribution in [1.82, 2.24) is 10.2 Å². The fraction of sp³-hybridized carbons (Fsp3) is 0.300. The van der Waals surface area contributed by atoms with Crippen LogP contribution in [0.5, 0.6) is 5.75 Å². The molecule has 142 valence electrons. The van der Waals surface area contributed by atoms with E-state index in [1.807, 2.05) is 0 Å². The van der Waals surface area contributed by atoms with Gasteiger partial charge in [-0.05, 0) is 48.7 Å². The number of carbonyl (C=O) groups is 2. The van der Waals surface area contributed by atoms with Crippen LogP contribution in [-0.2, 0) is 16.1 Å². The number of hydrogen-bond acceptors (Lipinski definition) is 4. The maximum atomic E-state index is 13.7. The smallest absolute Gasteiger partial charge is 0.247 e. The summed E-state index contributed by atoms with van der Waals surface area (Å²) in [7, 11) is 1.39. The van der Waals surface area contributed by atoms with E-state index < -0.39 is 11.9 Å². The van der Waals surface area contributed by atoms with Gasteiger partial charge in [-0.1, -0.05) is 6.07 Å². The highest BCUT2D eigenvalue weighted by atomic mass is 19.1. The molecular formula is C20H21FN2O4. The molecule has 0 radical (unpaired) electrons. The first-order chi connectivity index (χ1) is 13.1. The van der Waals surface area contributed by atoms with Gasteiger partial charge in [-0.3, -0.25) is 9.59 Å². The van der Waals surface area contributed by atoms with Crippen LogP contribution in [0, 0.1) is 5.82 Å². The van der Waals surface area contributed by atoms with Crippen LogP contribution in [0.25, 0.3) is 6.08 Å². The molecule has 7 heteroatoms. The van der Waals surface area contributed by atoms with Crippen LogP contribution in [0.2, 0.25) is 0 Å². The maximum Gasteiger partial charge on any atom is 0.247 e. The lowest BCUT2D eigenvalue weighted by atomic mass is 10.1. The van der Waals surface area contributed by atoms with Crippen molar-refractivity contribution in [2.24, 2.45) is 0 Å². The lowest BCUT2D eigenvalue weighted by Crippen LogP contribution is -2.45. The minimum atomic E-state index is -0.510. The van der Waals surface area contributed by atoms with Crippen LogP contribution in [0.4, 0.5) is 4.39 Å². The van der Waals surface area contributed by atoms with Gasteiger partial charge in [-0.25, -0.2) is 4.39 Å². The van der Waals surface area contributed by atoms with Crippen molar-refractivity contribution in [3.63, 3.8) is 0 Å². The second-order valence-corrected chi connectivity index (χ2v) is 6.21. The van der Waals surface area contributed by atoms with Crippen LogP contribution >= 0.6 is 0 Å². The molecule has 0 spiro atoms. The summed E-state index contributed by atoms with van der Waals surface area (Å²) in [5.74, 6) is -0.182. The first-order valence-electron chi connectivity index (χ1n) is 8.71. The van der Waals surface area contributed by atoms with E-state index in [4.69, 9.17) is 9.15 Å². The Labute approximate surface area is 156 Å². The lowest BCUT2D eigenvalue weighted by Gasteiger charge is -2.22. The molecule has 1 aliphatic heterocycles. The van der Waals surface area contributed by atoms with E-state index in [1.165, 1.54) is 36.3 Å². The summed E-state index contributed by atoms with van der Waals surface area (Å²) in [5, 5.41) is 2.79. The molecule has 1 atom stereocenters. The van der Waals surface area contributed by atoms with Crippen molar-refractivity contribution in [3.05, 3.63) is 59.8 Å². The highest BCUT2D eigenvalue weighted by molar-refractivity contribution is 5.96. The number of nitrogens with zero attached hydrogens (tertiary/aromatic N) is 1. The number of furan rings is 1. The number of ether oxygens (including phenoxy) is 1. The van der Waals surface area contributed by atoms with Gasteiger partial charge in [-0.15, -0.1) is 0 Å². The predicted molar refractivity (Wildman–Crippen MR) is 97.3 cm³/mol. The van der Waals surface area contributed by atoms with Gasteiger partial charge in [0.1, 0.15) is 11.8 Å². The van der Waals surface area contributed by atoms with Crippen LogP contribution in [-0.4, -0.2) is 36.4 Å². The molecule has 1 aromatic heterocycles. The Morgan fingerprint density at radius 1 is 1.41 bits per heavy atom. The van der Waals surface area contributed by atoms with E-state index in [0.29, 0.717) is 24.3 Å². The number of likely N-dealkylation sites (tertiary alicyclic amines) is 1. The Bertz CT molecular complexity index is 833. The van der Waals surface area contributed by atoms with E-state index >= 15 is 0 Å². The number of carbonyl (C=O) groups excluding carboxylic acids is 2. The van der Waals surface area contributed by atoms with Gasteiger partial charge in [0.05, 0.1) is 19.9 Å². The quantitative estimate of drug-likeness (QED) is 0.792. The molecule has 1 saturated heterocycles. The molecule has 2 aromatic rings. The Hall–Kier alpha value is -3.09. The molecule has 0 saturated carbocycles. The Morgan fingerprint density at radius 3 is 2.96 bits per heavy atom. The molecule has 2 heterocycles. The topological polar surface area (TPSA) is 71.8 Å². The second-order valence-electron chi connectivity index (χ2n) is 6.21. The number of halogens is 1. The average molecular weight is 372 g/mol. The fourth-order valence-corrected chi connectivity index (χ4v) is 3.06. The van der Waals surface area contributed by atoms with Gasteiger partial charge >= 0.3 is 0 Å². The maximum absolute atomic E-state index is 13.7. The number of methoxy groups -OCH3 is 1. The van der Waals surface area contributed by atoms with Crippen molar-refractivity contribution in [3.8, 4) is 5.75 Å². The molecule has 3 rings (SSSR count). The van der Waals surface area contributed by atoms with E-state index in [0.717, 1.165) is 6.42 Å². The summed E-state index contributed by atoms with van der Waals surface area (Å²) < 4.78 is 23.8. The van der Waals surface area contributed by atoms with Crippen molar-refractivity contribution in [2.75, 3.05) is 13.7 Å². The summed E-state index contributed by atoms with van der Waals surface area (Å²) in [6.45, 7) is 0.796. The van der Waals surface area contributed by atoms with Crippen LogP contribution < -0.4 is 10.1 Å². The van der Waals surface area contributed by atoms with E-state index in [2.05, 4.69) is 5.32 Å². The third-order valence-electron chi connectivity index (χ3n) is 4.45. The molecule has 27 heavy (non-hydrogen) atoms. The monoisotopic (exact) mass is 372 g/mol. The summed E-state index contributed by atoms with van der Waals surface area (Å²) >= 11 is 0. The molecule has 2 amide bonds. The number of hydrogen-bond donors (Lipinski definition) is 1. The van der Waals surface area contributed by atoms with Crippen LogP contribution in [0.15, 0.2) is 47.1 Å². The minimum absolute atomic E-state index is 0.145. The van der Waals surface area contributed by atoms with Crippen LogP contribution in [0.1, 0.15) is 24.2 Å². The molecule has 1 aliphatic rings. The molecule has 6 nitrogen and oxygen atoms in total. The van der Waals surface area contributed by atoms with Gasteiger partial charge in [0.15, 0.2) is 11.6 Å². The number of nitrogens with one attached hydrogen (secondary N) is 1. The first-order valence-corrected chi connectivity index (χ1v) is 8.71. The molecule has 0 bridgehead atoms. The van der Waals surface area contributed by atoms with Gasteiger partial charge in [0, 0.05) is 12.6 Å². The SMILES string of the molecule is COc1ccc(C=CC(=O)N2CCCC2C(=O)NCc2ccco2)cc1F. The van der Waals surface area contributed by atoms with Gasteiger partial charge in [0.2, 0.25) is 11.8 Å². The van der Waals surface area contributed by atoms with E-state index in [9.17, 15) is 14.0 Å². The van der Waals surface area contributed by atoms with Crippen molar-refractivity contribution < 1.29 is 23.1 Å². The fourth-order valence-electron chi connectivity index (χ4n) is 3.06. The van der Waals surface area contributed by atoms with Crippen LogP contribution in [0.3, 0.4) is 0 Å². The second kappa shape index (κ2) is 8.53. The molecule has 0 aliphatic carbocycles. The Morgan fingerprint density at radius 2 is 2.26 bits per heavy atom.